The highest BCUT2D eigenvalue weighted by atomic mass is 79.9. The normalized spacial score (nSPS) is 24.6. The quantitative estimate of drug-likeness (QED) is 0.704. The molecule has 11 heteroatoms. The summed E-state index contributed by atoms with van der Waals surface area (Å²) in [4.78, 5) is 31.2. The van der Waals surface area contributed by atoms with Gasteiger partial charge in [0, 0.05) is 13.8 Å². The van der Waals surface area contributed by atoms with Gasteiger partial charge in [0.05, 0.1) is 17.1 Å². The van der Waals surface area contributed by atoms with Crippen LogP contribution in [0.15, 0.2) is 10.9 Å². The minimum absolute atomic E-state index is 0.127. The molecule has 0 spiro atoms. The van der Waals surface area contributed by atoms with E-state index in [0.717, 1.165) is 0 Å². The Labute approximate surface area is 162 Å². The highest BCUT2D eigenvalue weighted by Gasteiger charge is 2.49. The van der Waals surface area contributed by atoms with Crippen molar-refractivity contribution >= 4 is 44.7 Å². The number of nitrogen functional groups attached to an aromatic ring is 1. The topological polar surface area (TPSA) is 142 Å². The fourth-order valence-corrected chi connectivity index (χ4v) is 3.80. The monoisotopic (exact) mass is 437 g/mol. The summed E-state index contributed by atoms with van der Waals surface area (Å²) in [7, 11) is 0. The molecular weight excluding hydrogens is 422 g/mol. The molecule has 0 aromatic carbocycles. The molecule has 1 aliphatic rings. The van der Waals surface area contributed by atoms with Gasteiger partial charge < -0.3 is 19.9 Å². The van der Waals surface area contributed by atoms with Gasteiger partial charge in [0.2, 0.25) is 0 Å². The number of carbonyl (C=O) groups is 2. The molecule has 1 saturated heterocycles. The minimum Gasteiger partial charge on any atom is -0.456 e. The van der Waals surface area contributed by atoms with E-state index in [1.54, 1.807) is 11.5 Å². The van der Waals surface area contributed by atoms with Crippen LogP contribution in [0.1, 0.15) is 32.6 Å². The Kier molecular flexibility index (Phi) is 5.03. The number of hydrogen-bond donors (Lipinski definition) is 1. The first-order valence-corrected chi connectivity index (χ1v) is 8.75. The Morgan fingerprint density at radius 3 is 2.52 bits per heavy atom. The van der Waals surface area contributed by atoms with Gasteiger partial charge in [-0.2, -0.15) is 5.26 Å². The lowest BCUT2D eigenvalue weighted by atomic mass is 10.1. The van der Waals surface area contributed by atoms with Crippen molar-refractivity contribution in [3.8, 4) is 6.07 Å². The van der Waals surface area contributed by atoms with Crippen LogP contribution < -0.4 is 5.73 Å². The number of aromatic nitrogens is 3. The molecule has 1 unspecified atom stereocenters. The van der Waals surface area contributed by atoms with Gasteiger partial charge in [-0.1, -0.05) is 0 Å². The minimum atomic E-state index is -0.948. The van der Waals surface area contributed by atoms with Crippen molar-refractivity contribution in [2.24, 2.45) is 0 Å². The molecule has 27 heavy (non-hydrogen) atoms. The number of rotatable bonds is 3. The van der Waals surface area contributed by atoms with Crippen LogP contribution in [0.5, 0.6) is 0 Å². The maximum Gasteiger partial charge on any atom is 0.303 e. The molecular formula is C16H16BrN5O5. The summed E-state index contributed by atoms with van der Waals surface area (Å²) in [6.07, 6.45) is -2.00. The van der Waals surface area contributed by atoms with Crippen molar-refractivity contribution < 1.29 is 23.8 Å². The zero-order chi connectivity index (χ0) is 19.9. The van der Waals surface area contributed by atoms with Crippen molar-refractivity contribution in [1.29, 1.82) is 5.26 Å². The molecule has 1 aliphatic heterocycles. The third kappa shape index (κ3) is 3.22. The Balaban J connectivity index is 2.18. The number of anilines is 1. The Hall–Kier alpha value is -2.71. The van der Waals surface area contributed by atoms with Gasteiger partial charge in [0.1, 0.15) is 28.5 Å². The molecule has 4 atom stereocenters. The van der Waals surface area contributed by atoms with Gasteiger partial charge in [-0.15, -0.1) is 0 Å². The standard InChI is InChI=1S/C16H16BrN5O5/c1-6-11(26-7(2)23)12(27-8(3)24)16(25-6)22-13(17)9(4-18)10-14(19)20-5-21-15(10)22/h5-6,11-12,16H,1-3H3,(H2,19,20,21)/t6-,11-,12-,16?/m1/s1. The van der Waals surface area contributed by atoms with Gasteiger partial charge in [0.25, 0.3) is 0 Å². The van der Waals surface area contributed by atoms with Gasteiger partial charge in [-0.05, 0) is 22.9 Å². The Bertz CT molecular complexity index is 968. The lowest BCUT2D eigenvalue weighted by molar-refractivity contribution is -0.165. The second-order valence-electron chi connectivity index (χ2n) is 5.98. The first-order chi connectivity index (χ1) is 12.8. The molecule has 0 aliphatic carbocycles. The van der Waals surface area contributed by atoms with Crippen LogP contribution in [0, 0.1) is 11.3 Å². The second-order valence-corrected chi connectivity index (χ2v) is 6.74. The summed E-state index contributed by atoms with van der Waals surface area (Å²) in [5.41, 5.74) is 6.46. The molecule has 3 heterocycles. The van der Waals surface area contributed by atoms with Crippen molar-refractivity contribution in [2.45, 2.75) is 45.3 Å². The van der Waals surface area contributed by atoms with Crippen LogP contribution in [0.25, 0.3) is 11.0 Å². The van der Waals surface area contributed by atoms with Crippen molar-refractivity contribution in [2.75, 3.05) is 5.73 Å². The van der Waals surface area contributed by atoms with Gasteiger partial charge in [-0.25, -0.2) is 9.97 Å². The zero-order valence-electron chi connectivity index (χ0n) is 14.7. The van der Waals surface area contributed by atoms with Gasteiger partial charge in [-0.3, -0.25) is 14.2 Å². The summed E-state index contributed by atoms with van der Waals surface area (Å²) >= 11 is 3.37. The molecule has 142 valence electrons. The lowest BCUT2D eigenvalue weighted by Gasteiger charge is -2.24. The predicted octanol–water partition coefficient (Wildman–Crippen LogP) is 1.43. The van der Waals surface area contributed by atoms with Crippen molar-refractivity contribution in [3.05, 3.63) is 16.5 Å². The molecule has 3 rings (SSSR count). The molecule has 0 amide bonds. The molecule has 2 aromatic heterocycles. The van der Waals surface area contributed by atoms with E-state index in [1.807, 2.05) is 0 Å². The number of nitrogens with two attached hydrogens (primary N) is 1. The number of esters is 2. The van der Waals surface area contributed by atoms with E-state index < -0.39 is 36.5 Å². The van der Waals surface area contributed by atoms with Crippen molar-refractivity contribution in [3.63, 3.8) is 0 Å². The fourth-order valence-electron chi connectivity index (χ4n) is 3.15. The summed E-state index contributed by atoms with van der Waals surface area (Å²) in [5, 5.41) is 9.88. The van der Waals surface area contributed by atoms with Crippen molar-refractivity contribution in [1.82, 2.24) is 14.5 Å². The highest BCUT2D eigenvalue weighted by Crippen LogP contribution is 2.41. The van der Waals surface area contributed by atoms with Crippen LogP contribution in [0.3, 0.4) is 0 Å². The Morgan fingerprint density at radius 1 is 1.30 bits per heavy atom. The molecule has 0 saturated carbocycles. The molecule has 2 N–H and O–H groups in total. The summed E-state index contributed by atoms with van der Waals surface area (Å²) in [6, 6.07) is 2.06. The van der Waals surface area contributed by atoms with E-state index in [0.29, 0.717) is 15.6 Å². The summed E-state index contributed by atoms with van der Waals surface area (Å²) < 4.78 is 18.5. The smallest absolute Gasteiger partial charge is 0.303 e. The number of nitrogens with zero attached hydrogens (tertiary/aromatic N) is 4. The van der Waals surface area contributed by atoms with E-state index in [1.165, 1.54) is 20.2 Å². The third-order valence-corrected chi connectivity index (χ3v) is 4.92. The van der Waals surface area contributed by atoms with E-state index in [9.17, 15) is 14.9 Å². The largest absolute Gasteiger partial charge is 0.456 e. The number of halogens is 1. The lowest BCUT2D eigenvalue weighted by Crippen LogP contribution is -2.38. The van der Waals surface area contributed by atoms with Crippen LogP contribution >= 0.6 is 15.9 Å². The van der Waals surface area contributed by atoms with E-state index in [4.69, 9.17) is 19.9 Å². The van der Waals surface area contributed by atoms with Crippen LogP contribution in [0.2, 0.25) is 0 Å². The van der Waals surface area contributed by atoms with Gasteiger partial charge in [0.15, 0.2) is 18.4 Å². The zero-order valence-corrected chi connectivity index (χ0v) is 16.3. The molecule has 1 fully saturated rings. The fraction of sp³-hybridized carbons (Fsp3) is 0.438. The summed E-state index contributed by atoms with van der Waals surface area (Å²) in [5.74, 6) is -0.973. The first kappa shape index (κ1) is 19.1. The number of nitriles is 1. The average molecular weight is 438 g/mol. The summed E-state index contributed by atoms with van der Waals surface area (Å²) in [6.45, 7) is 4.19. The van der Waals surface area contributed by atoms with E-state index in [2.05, 4.69) is 32.0 Å². The SMILES string of the molecule is CC(=O)O[C@@H]1[C@@H](C)OC(n2c(Br)c(C#N)c3c(N)ncnc32)[C@@H]1OC(C)=O. The number of carbonyl (C=O) groups excluding carboxylic acids is 2. The third-order valence-electron chi connectivity index (χ3n) is 4.14. The van der Waals surface area contributed by atoms with Crippen LogP contribution in [-0.2, 0) is 23.8 Å². The van der Waals surface area contributed by atoms with E-state index >= 15 is 0 Å². The second kappa shape index (κ2) is 7.13. The maximum atomic E-state index is 11.6. The van der Waals surface area contributed by atoms with E-state index in [-0.39, 0.29) is 11.4 Å². The average Bonchev–Trinajstić information content (AvgIpc) is 3.02. The predicted molar refractivity (Wildman–Crippen MR) is 95.0 cm³/mol. The van der Waals surface area contributed by atoms with Gasteiger partial charge >= 0.3 is 11.9 Å². The maximum absolute atomic E-state index is 11.6. The molecule has 10 nitrogen and oxygen atoms in total. The number of hydrogen-bond acceptors (Lipinski definition) is 9. The van der Waals surface area contributed by atoms with Crippen LogP contribution in [0.4, 0.5) is 5.82 Å². The Morgan fingerprint density at radius 2 is 1.93 bits per heavy atom. The number of ether oxygens (including phenoxy) is 3. The van der Waals surface area contributed by atoms with Crippen LogP contribution in [-0.4, -0.2) is 44.8 Å². The molecule has 2 aromatic rings. The first-order valence-electron chi connectivity index (χ1n) is 7.96. The number of fused-ring (bicyclic) bond motifs is 1. The highest BCUT2D eigenvalue weighted by molar-refractivity contribution is 9.10. The molecule has 0 bridgehead atoms. The molecule has 0 radical (unpaired) electrons.